The summed E-state index contributed by atoms with van der Waals surface area (Å²) >= 11 is 0. The number of anilines is 2. The van der Waals surface area contributed by atoms with Crippen LogP contribution >= 0.6 is 18.5 Å². The molecule has 0 spiro atoms. The summed E-state index contributed by atoms with van der Waals surface area (Å²) in [6.07, 6.45) is 0. The summed E-state index contributed by atoms with van der Waals surface area (Å²) in [6, 6.07) is 13.7. The molecule has 0 fully saturated rings. The molecule has 1 amide bonds. The van der Waals surface area contributed by atoms with Crippen LogP contribution in [0.2, 0.25) is 0 Å². The summed E-state index contributed by atoms with van der Waals surface area (Å²) in [5.74, 6) is 0.314. The van der Waals surface area contributed by atoms with Gasteiger partial charge in [0.2, 0.25) is 5.82 Å². The molecule has 3 aromatic rings. The van der Waals surface area contributed by atoms with Gasteiger partial charge in [-0.15, -0.1) is 28.7 Å². The Hall–Kier alpha value is -2.36. The predicted molar refractivity (Wildman–Crippen MR) is 123 cm³/mol. The Morgan fingerprint density at radius 1 is 1.14 bits per heavy atom. The highest BCUT2D eigenvalue weighted by Crippen LogP contribution is 2.38. The van der Waals surface area contributed by atoms with E-state index in [1.165, 1.54) is 10.4 Å². The number of benzene rings is 2. The Morgan fingerprint density at radius 3 is 2.38 bits per heavy atom. The van der Waals surface area contributed by atoms with Crippen molar-refractivity contribution >= 4 is 35.8 Å². The summed E-state index contributed by atoms with van der Waals surface area (Å²) in [5.41, 5.74) is 4.17. The number of hydrogen-bond donors (Lipinski definition) is 2. The third-order valence-corrected chi connectivity index (χ3v) is 4.90. The molecular weight excluding hydrogens is 402 g/mol. The molecule has 2 N–H and O–H groups in total. The molecule has 152 valence electrons. The van der Waals surface area contributed by atoms with Crippen LogP contribution in [-0.4, -0.2) is 32.2 Å². The van der Waals surface area contributed by atoms with Crippen molar-refractivity contribution in [3.63, 3.8) is 0 Å². The van der Waals surface area contributed by atoms with Gasteiger partial charge in [0.25, 0.3) is 5.91 Å². The van der Waals surface area contributed by atoms with Crippen molar-refractivity contribution in [1.82, 2.24) is 25.5 Å². The molecule has 3 rings (SSSR count). The third kappa shape index (κ3) is 5.37. The first-order chi connectivity index (χ1) is 13.6. The maximum Gasteiger partial charge on any atom is 0.251 e. The normalized spacial score (nSPS) is 11.6. The number of tetrazole rings is 1. The predicted octanol–water partition coefficient (Wildman–Crippen LogP) is 3.68. The van der Waals surface area contributed by atoms with E-state index in [2.05, 4.69) is 63.6 Å². The number of carbonyl (C=O) groups excluding carboxylic acids is 1. The van der Waals surface area contributed by atoms with E-state index in [0.717, 1.165) is 11.4 Å². The Kier molecular flexibility index (Phi) is 6.30. The van der Waals surface area contributed by atoms with Crippen molar-refractivity contribution in [2.24, 2.45) is 7.05 Å². The molecule has 0 radical (unpaired) electrons. The number of aromatic nitrogens is 4. The molecule has 0 aliphatic heterocycles. The Balaban J connectivity index is 1.96. The van der Waals surface area contributed by atoms with Crippen LogP contribution in [0.4, 0.5) is 11.4 Å². The fraction of sp³-hybridized carbons (Fsp3) is 0.300. The molecule has 0 aliphatic carbocycles. The van der Waals surface area contributed by atoms with Gasteiger partial charge in [0, 0.05) is 33.4 Å². The minimum absolute atomic E-state index is 0.0519. The molecule has 29 heavy (non-hydrogen) atoms. The van der Waals surface area contributed by atoms with E-state index in [4.69, 9.17) is 0 Å². The standard InChI is InChI=1S/C20H26N6OP2/c1-12(2)21-19(27)13-5-10-17(16(11-13)18-23-25-26(4)24-18)22-15-8-6-14(7-9-15)20(3,28)29/h5-12,22H,28-29H2,1-4H3,(H,21,27). The zero-order valence-corrected chi connectivity index (χ0v) is 19.3. The van der Waals surface area contributed by atoms with E-state index in [9.17, 15) is 4.79 Å². The molecule has 0 saturated heterocycles. The number of amides is 1. The largest absolute Gasteiger partial charge is 0.355 e. The summed E-state index contributed by atoms with van der Waals surface area (Å²) < 4.78 is 0. The molecule has 2 aromatic carbocycles. The van der Waals surface area contributed by atoms with Crippen molar-refractivity contribution in [2.75, 3.05) is 5.32 Å². The maximum absolute atomic E-state index is 12.4. The zero-order valence-electron chi connectivity index (χ0n) is 17.0. The van der Waals surface area contributed by atoms with Crippen LogP contribution in [0.15, 0.2) is 42.5 Å². The number of hydrogen-bond acceptors (Lipinski definition) is 5. The number of rotatable bonds is 6. The van der Waals surface area contributed by atoms with Crippen molar-refractivity contribution in [1.29, 1.82) is 0 Å². The average Bonchev–Trinajstić information content (AvgIpc) is 3.07. The molecule has 7 nitrogen and oxygen atoms in total. The maximum atomic E-state index is 12.4. The molecule has 2 unspecified atom stereocenters. The van der Waals surface area contributed by atoms with Crippen molar-refractivity contribution in [3.05, 3.63) is 53.6 Å². The lowest BCUT2D eigenvalue weighted by Gasteiger charge is -2.19. The second-order valence-electron chi connectivity index (χ2n) is 7.48. The van der Waals surface area contributed by atoms with Gasteiger partial charge in [0.05, 0.1) is 7.05 Å². The molecule has 1 aromatic heterocycles. The van der Waals surface area contributed by atoms with Gasteiger partial charge < -0.3 is 10.6 Å². The van der Waals surface area contributed by atoms with Crippen molar-refractivity contribution < 1.29 is 4.79 Å². The molecule has 1 heterocycles. The molecule has 9 heteroatoms. The molecule has 0 bridgehead atoms. The average molecular weight is 428 g/mol. The number of carbonyl (C=O) groups is 1. The first-order valence-electron chi connectivity index (χ1n) is 9.28. The minimum Gasteiger partial charge on any atom is -0.355 e. The van der Waals surface area contributed by atoms with Crippen LogP contribution in [0.5, 0.6) is 0 Å². The first kappa shape index (κ1) is 21.4. The van der Waals surface area contributed by atoms with Gasteiger partial charge in [0.1, 0.15) is 0 Å². The number of nitrogens with one attached hydrogen (secondary N) is 2. The zero-order chi connectivity index (χ0) is 21.2. The minimum atomic E-state index is -0.138. The van der Waals surface area contributed by atoms with Crippen LogP contribution in [0.3, 0.4) is 0 Å². The lowest BCUT2D eigenvalue weighted by Crippen LogP contribution is -2.30. The molecular formula is C20H26N6OP2. The summed E-state index contributed by atoms with van der Waals surface area (Å²) in [6.45, 7) is 5.97. The Morgan fingerprint density at radius 2 is 1.83 bits per heavy atom. The highest BCUT2D eigenvalue weighted by atomic mass is 31.1. The van der Waals surface area contributed by atoms with Gasteiger partial charge in [-0.05, 0) is 61.9 Å². The van der Waals surface area contributed by atoms with Gasteiger partial charge in [-0.1, -0.05) is 12.1 Å². The van der Waals surface area contributed by atoms with E-state index < -0.39 is 0 Å². The van der Waals surface area contributed by atoms with E-state index in [0.29, 0.717) is 17.0 Å². The van der Waals surface area contributed by atoms with Gasteiger partial charge in [0.15, 0.2) is 0 Å². The summed E-state index contributed by atoms with van der Waals surface area (Å²) in [5, 5.41) is 18.7. The first-order valence-corrected chi connectivity index (χ1v) is 10.4. The van der Waals surface area contributed by atoms with Crippen molar-refractivity contribution in [3.8, 4) is 11.4 Å². The fourth-order valence-corrected chi connectivity index (χ4v) is 3.17. The fourth-order valence-electron chi connectivity index (χ4n) is 2.79. The van der Waals surface area contributed by atoms with E-state index in [1.807, 2.05) is 32.0 Å². The summed E-state index contributed by atoms with van der Waals surface area (Å²) in [4.78, 5) is 13.8. The number of nitrogens with zero attached hydrogens (tertiary/aromatic N) is 4. The monoisotopic (exact) mass is 428 g/mol. The summed E-state index contributed by atoms with van der Waals surface area (Å²) in [7, 11) is 7.33. The van der Waals surface area contributed by atoms with Gasteiger partial charge >= 0.3 is 0 Å². The van der Waals surface area contributed by atoms with Crippen LogP contribution in [0.1, 0.15) is 36.7 Å². The smallest absolute Gasteiger partial charge is 0.251 e. The van der Waals surface area contributed by atoms with Crippen LogP contribution in [0.25, 0.3) is 11.4 Å². The van der Waals surface area contributed by atoms with Gasteiger partial charge in [-0.3, -0.25) is 4.79 Å². The van der Waals surface area contributed by atoms with E-state index in [-0.39, 0.29) is 16.8 Å². The Labute approximate surface area is 175 Å². The lowest BCUT2D eigenvalue weighted by atomic mass is 10.1. The van der Waals surface area contributed by atoms with Crippen LogP contribution in [-0.2, 0) is 11.9 Å². The van der Waals surface area contributed by atoms with E-state index >= 15 is 0 Å². The van der Waals surface area contributed by atoms with Crippen LogP contribution < -0.4 is 10.6 Å². The molecule has 2 atom stereocenters. The van der Waals surface area contributed by atoms with E-state index in [1.54, 1.807) is 19.2 Å². The quantitative estimate of drug-likeness (QED) is 0.585. The van der Waals surface area contributed by atoms with Gasteiger partial charge in [-0.2, -0.15) is 4.80 Å². The molecule has 0 aliphatic rings. The van der Waals surface area contributed by atoms with Gasteiger partial charge in [-0.25, -0.2) is 0 Å². The SMILES string of the molecule is CC(C)NC(=O)c1ccc(Nc2ccc(C(C)(P)P)cc2)c(-c2nnn(C)n2)c1. The second kappa shape index (κ2) is 8.56. The topological polar surface area (TPSA) is 84.7 Å². The second-order valence-corrected chi connectivity index (χ2v) is 10.5. The van der Waals surface area contributed by atoms with Crippen LogP contribution in [0, 0.1) is 0 Å². The Bertz CT molecular complexity index is 1010. The van der Waals surface area contributed by atoms with Crippen molar-refractivity contribution in [2.45, 2.75) is 31.7 Å². The third-order valence-electron chi connectivity index (χ3n) is 4.24. The number of aryl methyl sites for hydroxylation is 1. The molecule has 0 saturated carbocycles. The highest BCUT2D eigenvalue weighted by molar-refractivity contribution is 7.38. The lowest BCUT2D eigenvalue weighted by molar-refractivity contribution is 0.0943. The highest BCUT2D eigenvalue weighted by Gasteiger charge is 2.17.